The van der Waals surface area contributed by atoms with Crippen LogP contribution in [0, 0.1) is 11.6 Å². The largest absolute Gasteiger partial charge is 0.399 e. The van der Waals surface area contributed by atoms with Crippen LogP contribution in [0.2, 0.25) is 0 Å². The van der Waals surface area contributed by atoms with Gasteiger partial charge in [-0.3, -0.25) is 0 Å². The first-order valence-electron chi connectivity index (χ1n) is 8.86. The summed E-state index contributed by atoms with van der Waals surface area (Å²) in [6, 6.07) is 9.37. The number of aromatic nitrogens is 6. The van der Waals surface area contributed by atoms with Gasteiger partial charge in [0, 0.05) is 17.3 Å². The number of aliphatic hydroxyl groups is 1. The Hall–Kier alpha value is -3.86. The minimum Gasteiger partial charge on any atom is -0.399 e. The summed E-state index contributed by atoms with van der Waals surface area (Å²) in [5.41, 5.74) is 4.01. The van der Waals surface area contributed by atoms with Crippen molar-refractivity contribution in [2.45, 2.75) is 18.7 Å². The Balaban J connectivity index is 1.74. The molecule has 0 amide bonds. The first-order valence-corrected chi connectivity index (χ1v) is 8.86. The van der Waals surface area contributed by atoms with Gasteiger partial charge < -0.3 is 10.8 Å². The average molecular weight is 413 g/mol. The quantitative estimate of drug-likeness (QED) is 0.457. The smallest absolute Gasteiger partial charge is 0.350 e. The van der Waals surface area contributed by atoms with Crippen molar-refractivity contribution in [1.82, 2.24) is 29.1 Å². The predicted octanol–water partition coefficient (Wildman–Crippen LogP) is 1.07. The first kappa shape index (κ1) is 19.5. The van der Waals surface area contributed by atoms with Crippen molar-refractivity contribution in [2.24, 2.45) is 0 Å². The van der Waals surface area contributed by atoms with Crippen molar-refractivity contribution in [3.8, 4) is 5.69 Å². The van der Waals surface area contributed by atoms with E-state index in [4.69, 9.17) is 5.73 Å². The lowest BCUT2D eigenvalue weighted by Crippen LogP contribution is -2.41. The van der Waals surface area contributed by atoms with Crippen LogP contribution >= 0.6 is 0 Å². The van der Waals surface area contributed by atoms with E-state index >= 15 is 0 Å². The van der Waals surface area contributed by atoms with Crippen molar-refractivity contribution in [3.63, 3.8) is 0 Å². The third-order valence-corrected chi connectivity index (χ3v) is 4.64. The number of nitrogens with two attached hydrogens (primary N) is 1. The zero-order valence-corrected chi connectivity index (χ0v) is 15.6. The molecule has 0 saturated carbocycles. The molecule has 0 fully saturated rings. The second kappa shape index (κ2) is 7.52. The maximum Gasteiger partial charge on any atom is 0.350 e. The summed E-state index contributed by atoms with van der Waals surface area (Å²) in [4.78, 5) is 16.6. The van der Waals surface area contributed by atoms with Crippen LogP contribution in [-0.2, 0) is 18.7 Å². The van der Waals surface area contributed by atoms with E-state index in [1.54, 1.807) is 24.3 Å². The predicted molar refractivity (Wildman–Crippen MR) is 103 cm³/mol. The molecule has 9 nitrogen and oxygen atoms in total. The van der Waals surface area contributed by atoms with Crippen molar-refractivity contribution in [2.75, 3.05) is 5.73 Å². The van der Waals surface area contributed by atoms with Gasteiger partial charge in [-0.2, -0.15) is 10.2 Å². The zero-order chi connectivity index (χ0) is 21.3. The second-order valence-corrected chi connectivity index (χ2v) is 6.78. The number of benzene rings is 2. The van der Waals surface area contributed by atoms with Crippen molar-refractivity contribution in [3.05, 3.63) is 89.1 Å². The van der Waals surface area contributed by atoms with E-state index < -0.39 is 29.5 Å². The SMILES string of the molecule is Nc1ccc(-n2cnn(CC(O)(Cn3cncn3)c3ccc(F)cc3F)c2=O)cc1. The zero-order valence-electron chi connectivity index (χ0n) is 15.6. The molecule has 0 aliphatic rings. The minimum atomic E-state index is -1.96. The summed E-state index contributed by atoms with van der Waals surface area (Å²) < 4.78 is 31.4. The van der Waals surface area contributed by atoms with E-state index in [0.29, 0.717) is 17.4 Å². The van der Waals surface area contributed by atoms with E-state index in [-0.39, 0.29) is 12.1 Å². The molecule has 1 atom stereocenters. The van der Waals surface area contributed by atoms with Gasteiger partial charge in [-0.1, -0.05) is 6.07 Å². The molecule has 154 valence electrons. The molecule has 4 aromatic rings. The molecule has 0 spiro atoms. The van der Waals surface area contributed by atoms with E-state index in [0.717, 1.165) is 16.8 Å². The number of nitrogens with zero attached hydrogens (tertiary/aromatic N) is 6. The number of rotatable bonds is 6. The van der Waals surface area contributed by atoms with Crippen LogP contribution in [0.3, 0.4) is 0 Å². The summed E-state index contributed by atoms with van der Waals surface area (Å²) in [5, 5.41) is 19.3. The molecule has 0 aliphatic carbocycles. The Labute approximate surface area is 168 Å². The molecular formula is C19H17F2N7O2. The third-order valence-electron chi connectivity index (χ3n) is 4.64. The van der Waals surface area contributed by atoms with Crippen LogP contribution in [-0.4, -0.2) is 34.2 Å². The molecule has 2 heterocycles. The van der Waals surface area contributed by atoms with Gasteiger partial charge in [0.05, 0.1) is 18.8 Å². The highest BCUT2D eigenvalue weighted by molar-refractivity contribution is 5.44. The van der Waals surface area contributed by atoms with Crippen LogP contribution < -0.4 is 11.4 Å². The van der Waals surface area contributed by atoms with Crippen molar-refractivity contribution >= 4 is 5.69 Å². The molecule has 4 rings (SSSR count). The molecule has 0 bridgehead atoms. The standard InChI is InChI=1S/C19H17F2N7O2/c20-13-1-6-16(17(21)7-13)19(30,8-26-11-23-10-24-26)9-28-18(29)27(12-25-28)15-4-2-14(22)3-5-15/h1-7,10-12,30H,8-9,22H2. The highest BCUT2D eigenvalue weighted by Gasteiger charge is 2.35. The molecule has 30 heavy (non-hydrogen) atoms. The lowest BCUT2D eigenvalue weighted by molar-refractivity contribution is -0.00948. The van der Waals surface area contributed by atoms with Gasteiger partial charge in [0.15, 0.2) is 0 Å². The third kappa shape index (κ3) is 3.70. The molecule has 0 radical (unpaired) electrons. The number of hydrogen-bond acceptors (Lipinski definition) is 6. The van der Waals surface area contributed by atoms with Gasteiger partial charge in [-0.25, -0.2) is 32.5 Å². The molecule has 3 N–H and O–H groups in total. The Morgan fingerprint density at radius 2 is 1.80 bits per heavy atom. The maximum absolute atomic E-state index is 14.5. The summed E-state index contributed by atoms with van der Waals surface area (Å²) in [6.45, 7) is -0.646. The van der Waals surface area contributed by atoms with Crippen molar-refractivity contribution < 1.29 is 13.9 Å². The van der Waals surface area contributed by atoms with Crippen LogP contribution in [0.15, 0.2) is 66.2 Å². The topological polar surface area (TPSA) is 117 Å². The van der Waals surface area contributed by atoms with Crippen LogP contribution in [0.25, 0.3) is 5.69 Å². The number of halogens is 2. The summed E-state index contributed by atoms with van der Waals surface area (Å²) in [6.07, 6.45) is 3.87. The fourth-order valence-corrected chi connectivity index (χ4v) is 3.17. The Morgan fingerprint density at radius 3 is 2.47 bits per heavy atom. The number of anilines is 1. The minimum absolute atomic E-state index is 0.201. The summed E-state index contributed by atoms with van der Waals surface area (Å²) in [7, 11) is 0. The molecule has 2 aromatic carbocycles. The molecule has 0 saturated heterocycles. The Bertz CT molecular complexity index is 1220. The highest BCUT2D eigenvalue weighted by atomic mass is 19.1. The van der Waals surface area contributed by atoms with Crippen LogP contribution in [0.1, 0.15) is 5.56 Å². The molecule has 2 aromatic heterocycles. The normalized spacial score (nSPS) is 13.3. The van der Waals surface area contributed by atoms with E-state index in [1.807, 2.05) is 0 Å². The van der Waals surface area contributed by atoms with Gasteiger partial charge in [0.25, 0.3) is 0 Å². The lowest BCUT2D eigenvalue weighted by atomic mass is 9.93. The fourth-order valence-electron chi connectivity index (χ4n) is 3.17. The Morgan fingerprint density at radius 1 is 1.03 bits per heavy atom. The molecular weight excluding hydrogens is 396 g/mol. The first-order chi connectivity index (χ1) is 14.4. The summed E-state index contributed by atoms with van der Waals surface area (Å²) >= 11 is 0. The van der Waals surface area contributed by atoms with Gasteiger partial charge in [0.2, 0.25) is 0 Å². The molecule has 11 heteroatoms. The van der Waals surface area contributed by atoms with E-state index in [2.05, 4.69) is 15.2 Å². The lowest BCUT2D eigenvalue weighted by Gasteiger charge is -2.28. The monoisotopic (exact) mass is 413 g/mol. The highest BCUT2D eigenvalue weighted by Crippen LogP contribution is 2.28. The van der Waals surface area contributed by atoms with Gasteiger partial charge in [0.1, 0.15) is 36.2 Å². The summed E-state index contributed by atoms with van der Waals surface area (Å²) in [5.74, 6) is -1.74. The molecule has 0 aliphatic heterocycles. The van der Waals surface area contributed by atoms with E-state index in [9.17, 15) is 18.7 Å². The Kier molecular flexibility index (Phi) is 4.88. The van der Waals surface area contributed by atoms with Crippen molar-refractivity contribution in [1.29, 1.82) is 0 Å². The number of nitrogen functional groups attached to an aromatic ring is 1. The fraction of sp³-hybridized carbons (Fsp3) is 0.158. The van der Waals surface area contributed by atoms with Crippen LogP contribution in [0.5, 0.6) is 0 Å². The van der Waals surface area contributed by atoms with Gasteiger partial charge in [-0.15, -0.1) is 0 Å². The van der Waals surface area contributed by atoms with E-state index in [1.165, 1.54) is 28.2 Å². The van der Waals surface area contributed by atoms with Gasteiger partial charge >= 0.3 is 5.69 Å². The maximum atomic E-state index is 14.5. The number of hydrogen-bond donors (Lipinski definition) is 2. The molecule has 1 unspecified atom stereocenters. The average Bonchev–Trinajstić information content (AvgIpc) is 3.33. The van der Waals surface area contributed by atoms with Gasteiger partial charge in [-0.05, 0) is 30.3 Å². The van der Waals surface area contributed by atoms with Crippen LogP contribution in [0.4, 0.5) is 14.5 Å². The second-order valence-electron chi connectivity index (χ2n) is 6.78.